The molecule has 1 N–H and O–H groups in total. The fourth-order valence-electron chi connectivity index (χ4n) is 1.75. The molecule has 1 heterocycles. The maximum Gasteiger partial charge on any atom is 0.417 e. The van der Waals surface area contributed by atoms with E-state index in [-0.39, 0.29) is 30.1 Å². The van der Waals surface area contributed by atoms with Crippen LogP contribution in [0.25, 0.3) is 0 Å². The number of carbonyl (C=O) groups excluding carboxylic acids is 1. The lowest BCUT2D eigenvalue weighted by atomic mass is 10.0. The van der Waals surface area contributed by atoms with Crippen LogP contribution >= 0.6 is 24.0 Å². The van der Waals surface area contributed by atoms with Gasteiger partial charge in [-0.25, -0.2) is 4.79 Å². The first-order chi connectivity index (χ1) is 8.38. The van der Waals surface area contributed by atoms with E-state index >= 15 is 0 Å². The van der Waals surface area contributed by atoms with Crippen LogP contribution in [-0.2, 0) is 10.9 Å². The van der Waals surface area contributed by atoms with Crippen LogP contribution in [0.5, 0.6) is 0 Å². The van der Waals surface area contributed by atoms with Crippen LogP contribution in [0.2, 0.25) is 5.02 Å². The Bertz CT molecular complexity index is 479. The summed E-state index contributed by atoms with van der Waals surface area (Å²) in [6, 6.07) is 3.08. The molecule has 1 atom stereocenters. The monoisotopic (exact) mass is 315 g/mol. The second-order valence-corrected chi connectivity index (χ2v) is 4.27. The molecule has 1 aromatic carbocycles. The Morgan fingerprint density at radius 2 is 2.05 bits per heavy atom. The summed E-state index contributed by atoms with van der Waals surface area (Å²) in [5.41, 5.74) is -0.351. The van der Waals surface area contributed by atoms with E-state index in [1.807, 2.05) is 0 Å². The SMILES string of the molecule is Cl.O=C1N[C@@H](c2ccc(C(F)(F)F)c(Cl)c2)CCO1. The molecule has 0 bridgehead atoms. The minimum absolute atomic E-state index is 0. The third-order valence-electron chi connectivity index (χ3n) is 2.63. The fraction of sp³-hybridized carbons (Fsp3) is 0.364. The molecule has 3 nitrogen and oxygen atoms in total. The number of amides is 1. The van der Waals surface area contributed by atoms with Crippen molar-refractivity contribution >= 4 is 30.1 Å². The highest BCUT2D eigenvalue weighted by molar-refractivity contribution is 6.31. The lowest BCUT2D eigenvalue weighted by Crippen LogP contribution is -2.35. The number of ether oxygens (including phenoxy) is 1. The molecule has 0 aromatic heterocycles. The highest BCUT2D eigenvalue weighted by atomic mass is 35.5. The molecule has 106 valence electrons. The van der Waals surface area contributed by atoms with Crippen molar-refractivity contribution in [2.75, 3.05) is 6.61 Å². The summed E-state index contributed by atoms with van der Waals surface area (Å²) in [7, 11) is 0. The van der Waals surface area contributed by atoms with Gasteiger partial charge >= 0.3 is 12.3 Å². The molecule has 0 radical (unpaired) electrons. The van der Waals surface area contributed by atoms with Crippen molar-refractivity contribution in [2.24, 2.45) is 0 Å². The molecule has 1 aliphatic heterocycles. The third kappa shape index (κ3) is 3.67. The molecule has 1 amide bonds. The topological polar surface area (TPSA) is 38.3 Å². The van der Waals surface area contributed by atoms with E-state index in [1.54, 1.807) is 0 Å². The van der Waals surface area contributed by atoms with Crippen LogP contribution in [-0.4, -0.2) is 12.7 Å². The Morgan fingerprint density at radius 1 is 1.37 bits per heavy atom. The second-order valence-electron chi connectivity index (χ2n) is 3.86. The van der Waals surface area contributed by atoms with E-state index in [9.17, 15) is 18.0 Å². The average molecular weight is 316 g/mol. The molecule has 1 aromatic rings. The zero-order valence-corrected chi connectivity index (χ0v) is 11.0. The molecule has 1 aliphatic rings. The van der Waals surface area contributed by atoms with Crippen molar-refractivity contribution in [3.8, 4) is 0 Å². The number of halogens is 5. The minimum Gasteiger partial charge on any atom is -0.449 e. The zero-order chi connectivity index (χ0) is 13.3. The highest BCUT2D eigenvalue weighted by Gasteiger charge is 2.33. The summed E-state index contributed by atoms with van der Waals surface area (Å²) in [6.07, 6.45) is -4.57. The molecule has 0 unspecified atom stereocenters. The number of alkyl carbamates (subject to hydrolysis) is 1. The molecule has 1 fully saturated rings. The van der Waals surface area contributed by atoms with Crippen LogP contribution in [0, 0.1) is 0 Å². The first kappa shape index (κ1) is 15.9. The number of hydrogen-bond acceptors (Lipinski definition) is 2. The molecule has 1 saturated heterocycles. The predicted molar refractivity (Wildman–Crippen MR) is 65.5 cm³/mol. The van der Waals surface area contributed by atoms with Gasteiger partial charge in [-0.15, -0.1) is 12.4 Å². The number of benzene rings is 1. The van der Waals surface area contributed by atoms with Crippen LogP contribution in [0.4, 0.5) is 18.0 Å². The van der Waals surface area contributed by atoms with Gasteiger partial charge < -0.3 is 10.1 Å². The Morgan fingerprint density at radius 3 is 2.58 bits per heavy atom. The normalized spacial score (nSPS) is 19.2. The van der Waals surface area contributed by atoms with Crippen LogP contribution in [0.1, 0.15) is 23.6 Å². The second kappa shape index (κ2) is 5.88. The molecule has 2 rings (SSSR count). The van der Waals surface area contributed by atoms with Crippen molar-refractivity contribution < 1.29 is 22.7 Å². The van der Waals surface area contributed by atoms with Gasteiger partial charge in [0.2, 0.25) is 0 Å². The molecule has 0 spiro atoms. The molecular formula is C11H10Cl2F3NO2. The first-order valence-electron chi connectivity index (χ1n) is 5.18. The largest absolute Gasteiger partial charge is 0.449 e. The van der Waals surface area contributed by atoms with Crippen LogP contribution in [0.15, 0.2) is 18.2 Å². The van der Waals surface area contributed by atoms with Crippen molar-refractivity contribution in [1.29, 1.82) is 0 Å². The van der Waals surface area contributed by atoms with E-state index in [2.05, 4.69) is 10.1 Å². The summed E-state index contributed by atoms with van der Waals surface area (Å²) in [5, 5.41) is 2.14. The Balaban J connectivity index is 0.00000180. The predicted octanol–water partition coefficient (Wildman–Crippen LogP) is 3.95. The number of nitrogens with one attached hydrogen (secondary N) is 1. The molecule has 8 heteroatoms. The molecule has 19 heavy (non-hydrogen) atoms. The maximum atomic E-state index is 12.5. The van der Waals surface area contributed by atoms with E-state index in [0.717, 1.165) is 6.07 Å². The van der Waals surface area contributed by atoms with Gasteiger partial charge in [0.05, 0.1) is 23.2 Å². The maximum absolute atomic E-state index is 12.5. The fourth-order valence-corrected chi connectivity index (χ4v) is 2.05. The Labute approximate surface area is 118 Å². The van der Waals surface area contributed by atoms with Gasteiger partial charge in [0.25, 0.3) is 0 Å². The standard InChI is InChI=1S/C11H9ClF3NO2.ClH/c12-8-5-6(1-2-7(8)11(13,14)15)9-3-4-18-10(17)16-9;/h1-2,5,9H,3-4H2,(H,16,17);1H/t9-;/m1./s1. The number of carbonyl (C=O) groups is 1. The quantitative estimate of drug-likeness (QED) is 0.852. The van der Waals surface area contributed by atoms with E-state index in [4.69, 9.17) is 11.6 Å². The summed E-state index contributed by atoms with van der Waals surface area (Å²) < 4.78 is 42.2. The zero-order valence-electron chi connectivity index (χ0n) is 9.46. The van der Waals surface area contributed by atoms with Gasteiger partial charge in [-0.3, -0.25) is 0 Å². The Kier molecular flexibility index (Phi) is 4.92. The Hall–Kier alpha value is -1.14. The van der Waals surface area contributed by atoms with Gasteiger partial charge in [0, 0.05) is 6.42 Å². The summed E-state index contributed by atoms with van der Waals surface area (Å²) >= 11 is 5.61. The van der Waals surface area contributed by atoms with Crippen LogP contribution in [0.3, 0.4) is 0 Å². The van der Waals surface area contributed by atoms with Gasteiger partial charge in [-0.05, 0) is 17.7 Å². The average Bonchev–Trinajstić information content (AvgIpc) is 2.27. The lowest BCUT2D eigenvalue weighted by molar-refractivity contribution is -0.137. The lowest BCUT2D eigenvalue weighted by Gasteiger charge is -2.24. The van der Waals surface area contributed by atoms with E-state index in [1.165, 1.54) is 12.1 Å². The number of cyclic esters (lactones) is 1. The van der Waals surface area contributed by atoms with Crippen molar-refractivity contribution in [3.63, 3.8) is 0 Å². The number of alkyl halides is 3. The molecule has 0 aliphatic carbocycles. The third-order valence-corrected chi connectivity index (χ3v) is 2.95. The van der Waals surface area contributed by atoms with Crippen molar-refractivity contribution in [2.45, 2.75) is 18.6 Å². The summed E-state index contributed by atoms with van der Waals surface area (Å²) in [4.78, 5) is 11.0. The summed E-state index contributed by atoms with van der Waals surface area (Å²) in [5.74, 6) is 0. The van der Waals surface area contributed by atoms with Crippen molar-refractivity contribution in [1.82, 2.24) is 5.32 Å². The van der Waals surface area contributed by atoms with E-state index < -0.39 is 17.8 Å². The number of rotatable bonds is 1. The van der Waals surface area contributed by atoms with Gasteiger partial charge in [-0.2, -0.15) is 13.2 Å². The molecular weight excluding hydrogens is 306 g/mol. The summed E-state index contributed by atoms with van der Waals surface area (Å²) in [6.45, 7) is 0.231. The first-order valence-corrected chi connectivity index (χ1v) is 5.55. The highest BCUT2D eigenvalue weighted by Crippen LogP contribution is 2.36. The van der Waals surface area contributed by atoms with Gasteiger partial charge in [0.1, 0.15) is 0 Å². The van der Waals surface area contributed by atoms with Crippen molar-refractivity contribution in [3.05, 3.63) is 34.3 Å². The number of hydrogen-bond donors (Lipinski definition) is 1. The molecule has 0 saturated carbocycles. The smallest absolute Gasteiger partial charge is 0.417 e. The van der Waals surface area contributed by atoms with E-state index in [0.29, 0.717) is 12.0 Å². The van der Waals surface area contributed by atoms with Gasteiger partial charge in [-0.1, -0.05) is 17.7 Å². The van der Waals surface area contributed by atoms with Gasteiger partial charge in [0.15, 0.2) is 0 Å². The minimum atomic E-state index is -4.48. The van der Waals surface area contributed by atoms with Crippen LogP contribution < -0.4 is 5.32 Å².